The molecule has 2 aromatic rings. The minimum absolute atomic E-state index is 0.433. The van der Waals surface area contributed by atoms with Crippen LogP contribution in [0.1, 0.15) is 24.0 Å². The predicted molar refractivity (Wildman–Crippen MR) is 102 cm³/mol. The number of nitrogens with one attached hydrogen (secondary N) is 1. The summed E-state index contributed by atoms with van der Waals surface area (Å²) in [7, 11) is -1.67. The van der Waals surface area contributed by atoms with Crippen molar-refractivity contribution in [2.45, 2.75) is 26.3 Å². The van der Waals surface area contributed by atoms with Gasteiger partial charge < -0.3 is 5.32 Å². The fraction of sp³-hybridized carbons (Fsp3) is 0.368. The third-order valence-corrected chi connectivity index (χ3v) is 6.27. The van der Waals surface area contributed by atoms with Gasteiger partial charge in [0.1, 0.15) is 0 Å². The Morgan fingerprint density at radius 3 is 2.56 bits per heavy atom. The van der Waals surface area contributed by atoms with Gasteiger partial charge in [-0.15, -0.1) is 0 Å². The summed E-state index contributed by atoms with van der Waals surface area (Å²) in [6, 6.07) is 15.3. The third kappa shape index (κ3) is 3.71. The molecule has 0 saturated heterocycles. The molecule has 1 aliphatic heterocycles. The minimum atomic E-state index is -3.58. The van der Waals surface area contributed by atoms with Crippen molar-refractivity contribution in [3.05, 3.63) is 59.7 Å². The molecule has 134 valence electrons. The fourth-order valence-corrected chi connectivity index (χ4v) is 4.88. The number of unbranched alkanes of at least 4 members (excludes halogenated alkanes) is 1. The zero-order valence-electron chi connectivity index (χ0n) is 14.8. The van der Waals surface area contributed by atoms with Crippen LogP contribution in [0.4, 0.5) is 11.4 Å². The summed E-state index contributed by atoms with van der Waals surface area (Å²) in [6.45, 7) is 3.89. The Hall–Kier alpha value is -1.89. The largest absolute Gasteiger partial charge is 0.320 e. The van der Waals surface area contributed by atoms with E-state index >= 15 is 0 Å². The van der Waals surface area contributed by atoms with E-state index in [9.17, 15) is 8.42 Å². The van der Waals surface area contributed by atoms with Gasteiger partial charge in [0.15, 0.2) is 0 Å². The van der Waals surface area contributed by atoms with E-state index in [0.29, 0.717) is 18.8 Å². The van der Waals surface area contributed by atoms with Crippen molar-refractivity contribution in [2.75, 3.05) is 24.4 Å². The molecule has 6 heteroatoms. The molecule has 0 aromatic heterocycles. The molecular weight excluding hydrogens is 334 g/mol. The summed E-state index contributed by atoms with van der Waals surface area (Å²) in [6.07, 6.45) is 1.79. The van der Waals surface area contributed by atoms with Crippen LogP contribution < -0.4 is 9.62 Å². The summed E-state index contributed by atoms with van der Waals surface area (Å²) >= 11 is 0. The standard InChI is InChI=1S/C19H25N3O2S/c1-16-10-11-19-17(14-16)15-21(13-7-6-12-20-2)25(23,24)22(19)18-8-4-3-5-9-18/h3-5,8-11,14,20H,6-7,12-13,15H2,1-2H3. The molecule has 0 amide bonds. The van der Waals surface area contributed by atoms with Gasteiger partial charge in [0.05, 0.1) is 11.4 Å². The second-order valence-corrected chi connectivity index (χ2v) is 8.16. The van der Waals surface area contributed by atoms with Crippen molar-refractivity contribution >= 4 is 21.6 Å². The number of rotatable bonds is 6. The third-order valence-electron chi connectivity index (χ3n) is 4.43. The van der Waals surface area contributed by atoms with E-state index in [4.69, 9.17) is 0 Å². The highest BCUT2D eigenvalue weighted by Gasteiger charge is 2.37. The molecule has 5 nitrogen and oxygen atoms in total. The number of nitrogens with zero attached hydrogens (tertiary/aromatic N) is 2. The molecule has 0 spiro atoms. The van der Waals surface area contributed by atoms with Crippen LogP contribution in [0.15, 0.2) is 48.5 Å². The highest BCUT2D eigenvalue weighted by Crippen LogP contribution is 2.38. The Balaban J connectivity index is 2.00. The SMILES string of the molecule is CNCCCCN1Cc2cc(C)ccc2N(c2ccccc2)S1(=O)=O. The van der Waals surface area contributed by atoms with E-state index in [1.54, 1.807) is 4.31 Å². The van der Waals surface area contributed by atoms with Crippen molar-refractivity contribution in [1.82, 2.24) is 9.62 Å². The van der Waals surface area contributed by atoms with Crippen LogP contribution in [0, 0.1) is 6.92 Å². The normalized spacial score (nSPS) is 16.6. The summed E-state index contributed by atoms with van der Waals surface area (Å²) in [5, 5.41) is 3.11. The van der Waals surface area contributed by atoms with Gasteiger partial charge in [-0.3, -0.25) is 0 Å². The van der Waals surface area contributed by atoms with E-state index in [1.165, 1.54) is 4.31 Å². The maximum atomic E-state index is 13.3. The first kappa shape index (κ1) is 17.9. The lowest BCUT2D eigenvalue weighted by Gasteiger charge is -2.37. The van der Waals surface area contributed by atoms with Gasteiger partial charge in [0, 0.05) is 13.1 Å². The Labute approximate surface area is 150 Å². The highest BCUT2D eigenvalue weighted by atomic mass is 32.2. The number of para-hydroxylation sites is 1. The average Bonchev–Trinajstić information content (AvgIpc) is 2.59. The molecule has 1 heterocycles. The minimum Gasteiger partial charge on any atom is -0.320 e. The van der Waals surface area contributed by atoms with Gasteiger partial charge in [-0.25, -0.2) is 4.31 Å². The summed E-state index contributed by atoms with van der Waals surface area (Å²) in [5.74, 6) is 0. The van der Waals surface area contributed by atoms with Crippen LogP contribution >= 0.6 is 0 Å². The van der Waals surface area contributed by atoms with Crippen LogP contribution in [0.2, 0.25) is 0 Å². The lowest BCUT2D eigenvalue weighted by atomic mass is 10.1. The molecule has 25 heavy (non-hydrogen) atoms. The molecule has 0 fully saturated rings. The average molecular weight is 359 g/mol. The molecule has 1 aliphatic rings. The van der Waals surface area contributed by atoms with Crippen LogP contribution in [-0.2, 0) is 16.8 Å². The Morgan fingerprint density at radius 2 is 1.84 bits per heavy atom. The topological polar surface area (TPSA) is 52.6 Å². The lowest BCUT2D eigenvalue weighted by molar-refractivity contribution is 0.389. The number of fused-ring (bicyclic) bond motifs is 1. The Kier molecular flexibility index (Phi) is 5.42. The van der Waals surface area contributed by atoms with Gasteiger partial charge in [-0.1, -0.05) is 35.9 Å². The van der Waals surface area contributed by atoms with E-state index < -0.39 is 10.2 Å². The summed E-state index contributed by atoms with van der Waals surface area (Å²) < 4.78 is 29.6. The molecule has 0 aliphatic carbocycles. The molecule has 0 atom stereocenters. The van der Waals surface area contributed by atoms with Gasteiger partial charge >= 0.3 is 10.2 Å². The van der Waals surface area contributed by atoms with Crippen molar-refractivity contribution in [3.63, 3.8) is 0 Å². The maximum Gasteiger partial charge on any atom is 0.308 e. The first-order valence-corrected chi connectivity index (χ1v) is 10.0. The van der Waals surface area contributed by atoms with Gasteiger partial charge in [0.25, 0.3) is 0 Å². The van der Waals surface area contributed by atoms with Crippen LogP contribution in [0.25, 0.3) is 0 Å². The molecule has 3 rings (SSSR count). The zero-order chi connectivity index (χ0) is 17.9. The molecule has 2 aromatic carbocycles. The second-order valence-electron chi connectivity index (χ2n) is 6.38. The first-order valence-electron chi connectivity index (χ1n) is 8.63. The van der Waals surface area contributed by atoms with Crippen LogP contribution in [0.5, 0.6) is 0 Å². The molecule has 0 radical (unpaired) electrons. The molecular formula is C19H25N3O2S. The molecule has 0 saturated carbocycles. The summed E-state index contributed by atoms with van der Waals surface area (Å²) in [4.78, 5) is 0. The Morgan fingerprint density at radius 1 is 1.08 bits per heavy atom. The van der Waals surface area contributed by atoms with Crippen molar-refractivity contribution in [2.24, 2.45) is 0 Å². The fourth-order valence-electron chi connectivity index (χ4n) is 3.17. The van der Waals surface area contributed by atoms with E-state index in [0.717, 1.165) is 36.2 Å². The number of benzene rings is 2. The maximum absolute atomic E-state index is 13.3. The van der Waals surface area contributed by atoms with Gasteiger partial charge in [-0.2, -0.15) is 12.7 Å². The predicted octanol–water partition coefficient (Wildman–Crippen LogP) is 3.19. The number of hydrogen-bond donors (Lipinski definition) is 1. The molecule has 1 N–H and O–H groups in total. The van der Waals surface area contributed by atoms with Crippen molar-refractivity contribution in [1.29, 1.82) is 0 Å². The zero-order valence-corrected chi connectivity index (χ0v) is 15.6. The number of anilines is 2. The Bertz CT molecular complexity index is 822. The van der Waals surface area contributed by atoms with Crippen LogP contribution in [-0.4, -0.2) is 32.9 Å². The van der Waals surface area contributed by atoms with Gasteiger partial charge in [0.2, 0.25) is 0 Å². The van der Waals surface area contributed by atoms with E-state index in [2.05, 4.69) is 11.4 Å². The number of hydrogen-bond acceptors (Lipinski definition) is 3. The van der Waals surface area contributed by atoms with E-state index in [1.807, 2.05) is 56.4 Å². The lowest BCUT2D eigenvalue weighted by Crippen LogP contribution is -2.45. The van der Waals surface area contributed by atoms with E-state index in [-0.39, 0.29) is 0 Å². The molecule has 0 bridgehead atoms. The second kappa shape index (κ2) is 7.56. The number of aryl methyl sites for hydroxylation is 1. The van der Waals surface area contributed by atoms with Crippen molar-refractivity contribution < 1.29 is 8.42 Å². The monoisotopic (exact) mass is 359 g/mol. The highest BCUT2D eigenvalue weighted by molar-refractivity contribution is 7.90. The first-order chi connectivity index (χ1) is 12.0. The van der Waals surface area contributed by atoms with Gasteiger partial charge in [-0.05, 0) is 57.1 Å². The molecule has 0 unspecified atom stereocenters. The summed E-state index contributed by atoms with van der Waals surface area (Å²) in [5.41, 5.74) is 3.62. The quantitative estimate of drug-likeness (QED) is 0.806. The van der Waals surface area contributed by atoms with Crippen molar-refractivity contribution in [3.8, 4) is 0 Å². The smallest absolute Gasteiger partial charge is 0.308 e. The van der Waals surface area contributed by atoms with Crippen LogP contribution in [0.3, 0.4) is 0 Å².